The van der Waals surface area contributed by atoms with Crippen LogP contribution in [0.1, 0.15) is 24.8 Å². The summed E-state index contributed by atoms with van der Waals surface area (Å²) in [4.78, 5) is 8.17. The van der Waals surface area contributed by atoms with Crippen LogP contribution in [-0.4, -0.2) is 25.3 Å². The first kappa shape index (κ1) is 12.6. The average molecular weight is 270 g/mol. The lowest BCUT2D eigenvalue weighted by Crippen LogP contribution is -2.26. The van der Waals surface area contributed by atoms with Crippen molar-refractivity contribution in [2.45, 2.75) is 18.9 Å². The summed E-state index contributed by atoms with van der Waals surface area (Å²) in [6.45, 7) is 1.88. The Hall–Kier alpha value is -2.47. The van der Waals surface area contributed by atoms with E-state index in [-0.39, 0.29) is 5.89 Å². The lowest BCUT2D eigenvalue weighted by atomic mass is 9.92. The Morgan fingerprint density at radius 1 is 1.30 bits per heavy atom. The van der Waals surface area contributed by atoms with Crippen molar-refractivity contribution in [1.29, 1.82) is 0 Å². The number of hydrogen-bond donors (Lipinski definition) is 2. The van der Waals surface area contributed by atoms with Crippen LogP contribution < -0.4 is 0 Å². The normalized spacial score (nSPS) is 14.1. The van der Waals surface area contributed by atoms with E-state index < -0.39 is 5.60 Å². The third kappa shape index (κ3) is 2.00. The van der Waals surface area contributed by atoms with Crippen LogP contribution in [0.15, 0.2) is 47.5 Å². The number of aromatic amines is 1. The number of aliphatic hydroxyl groups is 1. The Labute approximate surface area is 115 Å². The average Bonchev–Trinajstić information content (AvgIpc) is 3.18. The minimum Gasteiger partial charge on any atom is -0.437 e. The first-order valence-electron chi connectivity index (χ1n) is 6.32. The maximum Gasteiger partial charge on any atom is 0.231 e. The molecule has 3 aromatic rings. The summed E-state index contributed by atoms with van der Waals surface area (Å²) >= 11 is 0. The van der Waals surface area contributed by atoms with Crippen LogP contribution in [-0.2, 0) is 5.60 Å². The maximum atomic E-state index is 10.9. The largest absolute Gasteiger partial charge is 0.437 e. The molecule has 1 atom stereocenters. The number of pyridine rings is 1. The van der Waals surface area contributed by atoms with Crippen molar-refractivity contribution in [3.63, 3.8) is 0 Å². The van der Waals surface area contributed by atoms with E-state index >= 15 is 0 Å². The van der Waals surface area contributed by atoms with Crippen molar-refractivity contribution in [2.24, 2.45) is 0 Å². The van der Waals surface area contributed by atoms with Crippen LogP contribution in [0.5, 0.6) is 0 Å². The molecule has 1 unspecified atom stereocenters. The third-order valence-electron chi connectivity index (χ3n) is 3.31. The van der Waals surface area contributed by atoms with E-state index in [1.54, 1.807) is 43.1 Å². The molecule has 0 spiro atoms. The zero-order chi connectivity index (χ0) is 14.0. The summed E-state index contributed by atoms with van der Waals surface area (Å²) in [7, 11) is 0. The quantitative estimate of drug-likeness (QED) is 0.758. The highest BCUT2D eigenvalue weighted by Crippen LogP contribution is 2.33. The molecule has 0 saturated heterocycles. The van der Waals surface area contributed by atoms with Crippen molar-refractivity contribution in [2.75, 3.05) is 0 Å². The lowest BCUT2D eigenvalue weighted by molar-refractivity contribution is 0.0476. The molecule has 0 aliphatic rings. The van der Waals surface area contributed by atoms with Crippen LogP contribution >= 0.6 is 0 Å². The Bertz CT molecular complexity index is 678. The van der Waals surface area contributed by atoms with Gasteiger partial charge in [-0.1, -0.05) is 6.92 Å². The summed E-state index contributed by atoms with van der Waals surface area (Å²) in [5.41, 5.74) is 0.234. The molecule has 0 aliphatic carbocycles. The van der Waals surface area contributed by atoms with Gasteiger partial charge in [0, 0.05) is 18.6 Å². The zero-order valence-corrected chi connectivity index (χ0v) is 10.9. The Morgan fingerprint density at radius 3 is 2.75 bits per heavy atom. The third-order valence-corrected chi connectivity index (χ3v) is 3.31. The number of nitrogens with zero attached hydrogens (tertiary/aromatic N) is 3. The van der Waals surface area contributed by atoms with E-state index in [0.717, 1.165) is 5.56 Å². The highest BCUT2D eigenvalue weighted by atomic mass is 16.4. The minimum absolute atomic E-state index is 0.266. The molecule has 6 nitrogen and oxygen atoms in total. The topological polar surface area (TPSA) is 87.8 Å². The molecule has 6 heteroatoms. The molecule has 0 amide bonds. The molecular weight excluding hydrogens is 256 g/mol. The summed E-state index contributed by atoms with van der Waals surface area (Å²) in [6.07, 6.45) is 8.65. The van der Waals surface area contributed by atoms with Crippen LogP contribution in [0.3, 0.4) is 0 Å². The molecule has 3 rings (SSSR count). The van der Waals surface area contributed by atoms with Crippen LogP contribution in [0.25, 0.3) is 11.3 Å². The van der Waals surface area contributed by atoms with E-state index in [2.05, 4.69) is 20.2 Å². The van der Waals surface area contributed by atoms with Gasteiger partial charge >= 0.3 is 0 Å². The fourth-order valence-electron chi connectivity index (χ4n) is 2.09. The van der Waals surface area contributed by atoms with Gasteiger partial charge in [-0.3, -0.25) is 10.1 Å². The molecule has 2 N–H and O–H groups in total. The molecular formula is C14H14N4O2. The van der Waals surface area contributed by atoms with Crippen LogP contribution in [0.4, 0.5) is 0 Å². The van der Waals surface area contributed by atoms with Gasteiger partial charge in [0.1, 0.15) is 0 Å². The highest BCUT2D eigenvalue weighted by molar-refractivity contribution is 5.53. The summed E-state index contributed by atoms with van der Waals surface area (Å²) in [6, 6.07) is 3.51. The highest BCUT2D eigenvalue weighted by Gasteiger charge is 2.35. The molecule has 0 fully saturated rings. The number of nitrogens with one attached hydrogen (secondary N) is 1. The predicted octanol–water partition coefficient (Wildman–Crippen LogP) is 2.11. The predicted molar refractivity (Wildman–Crippen MR) is 71.6 cm³/mol. The number of rotatable bonds is 4. The maximum absolute atomic E-state index is 10.9. The Kier molecular flexibility index (Phi) is 3.08. The lowest BCUT2D eigenvalue weighted by Gasteiger charge is -2.23. The molecule has 3 aromatic heterocycles. The second-order valence-corrected chi connectivity index (χ2v) is 4.47. The first-order chi connectivity index (χ1) is 9.74. The molecule has 0 saturated carbocycles. The minimum atomic E-state index is -1.26. The number of hydrogen-bond acceptors (Lipinski definition) is 5. The molecule has 0 bridgehead atoms. The summed E-state index contributed by atoms with van der Waals surface area (Å²) in [5, 5.41) is 17.4. The molecule has 20 heavy (non-hydrogen) atoms. The van der Waals surface area contributed by atoms with Gasteiger partial charge in [0.05, 0.1) is 18.0 Å². The second kappa shape index (κ2) is 4.90. The fraction of sp³-hybridized carbons (Fsp3) is 0.214. The number of aromatic nitrogens is 4. The van der Waals surface area contributed by atoms with E-state index in [9.17, 15) is 5.11 Å². The van der Waals surface area contributed by atoms with Crippen LogP contribution in [0.2, 0.25) is 0 Å². The van der Waals surface area contributed by atoms with Crippen molar-refractivity contribution >= 4 is 0 Å². The Balaban J connectivity index is 2.02. The van der Waals surface area contributed by atoms with Gasteiger partial charge < -0.3 is 9.52 Å². The van der Waals surface area contributed by atoms with E-state index in [1.807, 2.05) is 6.92 Å². The van der Waals surface area contributed by atoms with Gasteiger partial charge in [-0.15, -0.1) is 0 Å². The number of H-pyrrole nitrogens is 1. The molecule has 3 heterocycles. The van der Waals surface area contributed by atoms with Crippen molar-refractivity contribution < 1.29 is 9.52 Å². The van der Waals surface area contributed by atoms with E-state index in [1.165, 1.54) is 0 Å². The van der Waals surface area contributed by atoms with Crippen molar-refractivity contribution in [3.8, 4) is 11.3 Å². The SMILES string of the molecule is CCC(O)(c1ccncc1)c1ncc(-c2cn[nH]c2)o1. The van der Waals surface area contributed by atoms with E-state index in [4.69, 9.17) is 4.42 Å². The van der Waals surface area contributed by atoms with Gasteiger partial charge in [0.25, 0.3) is 0 Å². The van der Waals surface area contributed by atoms with Crippen molar-refractivity contribution in [1.82, 2.24) is 20.2 Å². The van der Waals surface area contributed by atoms with Gasteiger partial charge in [-0.05, 0) is 24.1 Å². The Morgan fingerprint density at radius 2 is 2.10 bits per heavy atom. The van der Waals surface area contributed by atoms with E-state index in [0.29, 0.717) is 17.7 Å². The monoisotopic (exact) mass is 270 g/mol. The molecule has 0 aromatic carbocycles. The molecule has 0 aliphatic heterocycles. The van der Waals surface area contributed by atoms with Gasteiger partial charge in [0.2, 0.25) is 5.89 Å². The number of oxazole rings is 1. The summed E-state index contributed by atoms with van der Waals surface area (Å²) < 4.78 is 5.70. The molecule has 102 valence electrons. The van der Waals surface area contributed by atoms with Crippen LogP contribution in [0, 0.1) is 0 Å². The second-order valence-electron chi connectivity index (χ2n) is 4.47. The first-order valence-corrected chi connectivity index (χ1v) is 6.32. The van der Waals surface area contributed by atoms with Gasteiger partial charge in [0.15, 0.2) is 11.4 Å². The fourth-order valence-corrected chi connectivity index (χ4v) is 2.09. The smallest absolute Gasteiger partial charge is 0.231 e. The standard InChI is InChI=1S/C14H14N4O2/c1-2-14(19,11-3-5-15-6-4-11)13-16-9-12(20-13)10-7-17-18-8-10/h3-9,19H,2H2,1H3,(H,17,18). The van der Waals surface area contributed by atoms with Gasteiger partial charge in [-0.2, -0.15) is 5.10 Å². The van der Waals surface area contributed by atoms with Crippen molar-refractivity contribution in [3.05, 3.63) is 54.6 Å². The zero-order valence-electron chi connectivity index (χ0n) is 10.9. The summed E-state index contributed by atoms with van der Waals surface area (Å²) in [5.74, 6) is 0.831. The molecule has 0 radical (unpaired) electrons. The van der Waals surface area contributed by atoms with Gasteiger partial charge in [-0.25, -0.2) is 4.98 Å².